The molecule has 0 saturated heterocycles. The molecule has 3 nitrogen and oxygen atoms in total. The number of nitrogens with zero attached hydrogens (tertiary/aromatic N) is 2. The molecule has 0 spiro atoms. The SMILES string of the molecule is CCc1nn(Cc2ccc(Br)cc2F)c(=N)s1. The number of aromatic nitrogens is 2. The zero-order chi connectivity index (χ0) is 12.4. The lowest BCUT2D eigenvalue weighted by atomic mass is 10.2. The van der Waals surface area contributed by atoms with Gasteiger partial charge in [-0.1, -0.05) is 40.3 Å². The van der Waals surface area contributed by atoms with Gasteiger partial charge in [0, 0.05) is 10.0 Å². The van der Waals surface area contributed by atoms with Crippen molar-refractivity contribution in [3.8, 4) is 0 Å². The van der Waals surface area contributed by atoms with Gasteiger partial charge in [0.2, 0.25) is 4.80 Å². The summed E-state index contributed by atoms with van der Waals surface area (Å²) in [6, 6.07) is 4.92. The number of hydrogen-bond donors (Lipinski definition) is 1. The van der Waals surface area contributed by atoms with Crippen molar-refractivity contribution in [3.05, 3.63) is 43.9 Å². The van der Waals surface area contributed by atoms with Gasteiger partial charge in [-0.2, -0.15) is 5.10 Å². The van der Waals surface area contributed by atoms with Crippen LogP contribution < -0.4 is 4.80 Å². The Morgan fingerprint density at radius 3 is 2.88 bits per heavy atom. The summed E-state index contributed by atoms with van der Waals surface area (Å²) in [5.41, 5.74) is 0.541. The van der Waals surface area contributed by atoms with E-state index in [9.17, 15) is 4.39 Å². The zero-order valence-corrected chi connectivity index (χ0v) is 11.6. The minimum absolute atomic E-state index is 0.280. The predicted octanol–water partition coefficient (Wildman–Crippen LogP) is 2.94. The molecule has 0 amide bonds. The van der Waals surface area contributed by atoms with E-state index < -0.39 is 0 Å². The number of hydrogen-bond acceptors (Lipinski definition) is 3. The van der Waals surface area contributed by atoms with E-state index >= 15 is 0 Å². The molecule has 2 rings (SSSR count). The predicted molar refractivity (Wildman–Crippen MR) is 68.5 cm³/mol. The summed E-state index contributed by atoms with van der Waals surface area (Å²) in [6.07, 6.45) is 0.798. The van der Waals surface area contributed by atoms with E-state index in [2.05, 4.69) is 21.0 Å². The van der Waals surface area contributed by atoms with Crippen LogP contribution in [0.5, 0.6) is 0 Å². The van der Waals surface area contributed by atoms with Crippen molar-refractivity contribution in [2.45, 2.75) is 19.9 Å². The van der Waals surface area contributed by atoms with E-state index in [4.69, 9.17) is 5.41 Å². The Morgan fingerprint density at radius 1 is 1.53 bits per heavy atom. The van der Waals surface area contributed by atoms with Crippen LogP contribution in [0, 0.1) is 11.2 Å². The van der Waals surface area contributed by atoms with Crippen molar-refractivity contribution < 1.29 is 4.39 Å². The monoisotopic (exact) mass is 315 g/mol. The first kappa shape index (κ1) is 12.4. The lowest BCUT2D eigenvalue weighted by Crippen LogP contribution is -2.16. The number of aryl methyl sites for hydroxylation is 1. The molecule has 0 fully saturated rings. The van der Waals surface area contributed by atoms with Crippen LogP contribution in [-0.4, -0.2) is 9.78 Å². The van der Waals surface area contributed by atoms with Crippen LogP contribution in [0.15, 0.2) is 22.7 Å². The molecule has 1 aromatic carbocycles. The molecule has 2 aromatic rings. The van der Waals surface area contributed by atoms with Crippen LogP contribution in [0.2, 0.25) is 0 Å². The van der Waals surface area contributed by atoms with Gasteiger partial charge in [0.05, 0.1) is 6.54 Å². The second-order valence-corrected chi connectivity index (χ2v) is 5.53. The van der Waals surface area contributed by atoms with Gasteiger partial charge in [-0.05, 0) is 18.6 Å². The Balaban J connectivity index is 2.31. The Morgan fingerprint density at radius 2 is 2.29 bits per heavy atom. The van der Waals surface area contributed by atoms with Gasteiger partial charge in [-0.3, -0.25) is 5.41 Å². The molecule has 0 bridgehead atoms. The Hall–Kier alpha value is -1.01. The maximum atomic E-state index is 13.6. The van der Waals surface area contributed by atoms with Crippen LogP contribution in [-0.2, 0) is 13.0 Å². The molecule has 17 heavy (non-hydrogen) atoms. The third-order valence-electron chi connectivity index (χ3n) is 2.32. The highest BCUT2D eigenvalue weighted by Crippen LogP contribution is 2.15. The van der Waals surface area contributed by atoms with Gasteiger partial charge >= 0.3 is 0 Å². The largest absolute Gasteiger partial charge is 0.274 e. The molecule has 0 radical (unpaired) electrons. The Labute approximate surface area is 111 Å². The molecule has 0 saturated carbocycles. The average molecular weight is 316 g/mol. The fourth-order valence-corrected chi connectivity index (χ4v) is 2.48. The third-order valence-corrected chi connectivity index (χ3v) is 3.82. The fourth-order valence-electron chi connectivity index (χ4n) is 1.43. The smallest absolute Gasteiger partial charge is 0.200 e. The standard InChI is InChI=1S/C11H11BrFN3S/c1-2-10-15-16(11(14)17-10)6-7-3-4-8(12)5-9(7)13/h3-5,14H,2,6H2,1H3. The van der Waals surface area contributed by atoms with Crippen molar-refractivity contribution in [3.63, 3.8) is 0 Å². The van der Waals surface area contributed by atoms with Crippen molar-refractivity contribution in [2.24, 2.45) is 0 Å². The molecular formula is C11H11BrFN3S. The molecule has 0 aliphatic carbocycles. The molecule has 1 aromatic heterocycles. The van der Waals surface area contributed by atoms with Crippen LogP contribution in [0.4, 0.5) is 4.39 Å². The average Bonchev–Trinajstić information content (AvgIpc) is 2.64. The van der Waals surface area contributed by atoms with Crippen LogP contribution in [0.25, 0.3) is 0 Å². The van der Waals surface area contributed by atoms with E-state index in [0.29, 0.717) is 21.4 Å². The number of nitrogens with one attached hydrogen (secondary N) is 1. The highest BCUT2D eigenvalue weighted by molar-refractivity contribution is 9.10. The van der Waals surface area contributed by atoms with Gasteiger partial charge in [0.25, 0.3) is 0 Å². The quantitative estimate of drug-likeness (QED) is 0.929. The molecule has 0 unspecified atom stereocenters. The van der Waals surface area contributed by atoms with Crippen molar-refractivity contribution >= 4 is 27.3 Å². The summed E-state index contributed by atoms with van der Waals surface area (Å²) in [5, 5.41) is 12.9. The van der Waals surface area contributed by atoms with Gasteiger partial charge in [-0.25, -0.2) is 9.07 Å². The second-order valence-electron chi connectivity index (χ2n) is 3.55. The first-order chi connectivity index (χ1) is 8.10. The summed E-state index contributed by atoms with van der Waals surface area (Å²) < 4.78 is 15.9. The maximum Gasteiger partial charge on any atom is 0.200 e. The van der Waals surface area contributed by atoms with Gasteiger partial charge in [-0.15, -0.1) is 0 Å². The number of rotatable bonds is 3. The second kappa shape index (κ2) is 5.10. The summed E-state index contributed by atoms with van der Waals surface area (Å²) in [5.74, 6) is -0.280. The van der Waals surface area contributed by atoms with Crippen LogP contribution in [0.1, 0.15) is 17.5 Å². The van der Waals surface area contributed by atoms with E-state index in [1.165, 1.54) is 22.1 Å². The maximum absolute atomic E-state index is 13.6. The molecule has 6 heteroatoms. The summed E-state index contributed by atoms with van der Waals surface area (Å²) in [6.45, 7) is 2.29. The first-order valence-corrected chi connectivity index (χ1v) is 6.76. The zero-order valence-electron chi connectivity index (χ0n) is 9.20. The number of benzene rings is 1. The van der Waals surface area contributed by atoms with E-state index in [1.54, 1.807) is 12.1 Å². The molecule has 1 N–H and O–H groups in total. The van der Waals surface area contributed by atoms with Crippen LogP contribution >= 0.6 is 27.3 Å². The first-order valence-electron chi connectivity index (χ1n) is 5.15. The normalized spacial score (nSPS) is 10.8. The van der Waals surface area contributed by atoms with Crippen molar-refractivity contribution in [1.29, 1.82) is 5.41 Å². The number of halogens is 2. The van der Waals surface area contributed by atoms with Gasteiger partial charge in [0.15, 0.2) is 0 Å². The topological polar surface area (TPSA) is 41.7 Å². The van der Waals surface area contributed by atoms with Gasteiger partial charge in [0.1, 0.15) is 10.8 Å². The van der Waals surface area contributed by atoms with Crippen LogP contribution in [0.3, 0.4) is 0 Å². The van der Waals surface area contributed by atoms with E-state index in [1.807, 2.05) is 6.92 Å². The van der Waals surface area contributed by atoms with E-state index in [0.717, 1.165) is 11.4 Å². The molecular weight excluding hydrogens is 305 g/mol. The molecule has 1 heterocycles. The molecule has 0 atom stereocenters. The summed E-state index contributed by atoms with van der Waals surface area (Å²) >= 11 is 4.54. The lowest BCUT2D eigenvalue weighted by molar-refractivity contribution is 0.572. The Kier molecular flexibility index (Phi) is 3.73. The third kappa shape index (κ3) is 2.81. The highest BCUT2D eigenvalue weighted by Gasteiger charge is 2.07. The fraction of sp³-hybridized carbons (Fsp3) is 0.273. The van der Waals surface area contributed by atoms with Crippen molar-refractivity contribution in [1.82, 2.24) is 9.78 Å². The minimum Gasteiger partial charge on any atom is -0.274 e. The Bertz CT molecular complexity index is 591. The molecule has 90 valence electrons. The summed E-state index contributed by atoms with van der Waals surface area (Å²) in [4.78, 5) is 0.351. The molecule has 0 aliphatic heterocycles. The van der Waals surface area contributed by atoms with E-state index in [-0.39, 0.29) is 5.82 Å². The van der Waals surface area contributed by atoms with Crippen molar-refractivity contribution in [2.75, 3.05) is 0 Å². The minimum atomic E-state index is -0.280. The van der Waals surface area contributed by atoms with Gasteiger partial charge < -0.3 is 0 Å². The lowest BCUT2D eigenvalue weighted by Gasteiger charge is -2.03. The molecule has 0 aliphatic rings. The summed E-state index contributed by atoms with van der Waals surface area (Å²) in [7, 11) is 0. The highest BCUT2D eigenvalue weighted by atomic mass is 79.9.